The summed E-state index contributed by atoms with van der Waals surface area (Å²) >= 11 is 0. The fourth-order valence-electron chi connectivity index (χ4n) is 2.29. The summed E-state index contributed by atoms with van der Waals surface area (Å²) in [7, 11) is 0. The largest absolute Gasteiger partial charge is 0.368 e. The molecule has 134 valence electrons. The molecule has 0 aliphatic rings. The maximum absolute atomic E-state index is 13.7. The molecular weight excluding hydrogens is 353 g/mol. The van der Waals surface area contributed by atoms with Crippen LogP contribution in [-0.4, -0.2) is 21.6 Å². The molecule has 0 saturated heterocycles. The normalized spacial score (nSPS) is 11.1. The number of rotatable bonds is 5. The average molecular weight is 365 g/mol. The maximum Gasteiger partial charge on any atom is 0.368 e. The molecule has 3 rings (SSSR count). The van der Waals surface area contributed by atoms with Gasteiger partial charge in [-0.2, -0.15) is 0 Å². The first-order chi connectivity index (χ1) is 13.1. The highest BCUT2D eigenvalue weighted by Crippen LogP contribution is 2.17. The predicted molar refractivity (Wildman–Crippen MR) is 94.8 cm³/mol. The Morgan fingerprint density at radius 3 is 2.26 bits per heavy atom. The summed E-state index contributed by atoms with van der Waals surface area (Å²) in [6, 6.07) is 14.2. The fourth-order valence-corrected chi connectivity index (χ4v) is 2.29. The van der Waals surface area contributed by atoms with E-state index in [0.717, 1.165) is 6.07 Å². The van der Waals surface area contributed by atoms with E-state index in [1.165, 1.54) is 54.9 Å². The molecule has 0 N–H and O–H groups in total. The zero-order valence-corrected chi connectivity index (χ0v) is 13.8. The van der Waals surface area contributed by atoms with Crippen LogP contribution in [0.2, 0.25) is 0 Å². The third-order valence-electron chi connectivity index (χ3n) is 3.62. The fraction of sp³-hybridized carbons (Fsp3) is 0. The number of hydrogen-bond donors (Lipinski definition) is 0. The summed E-state index contributed by atoms with van der Waals surface area (Å²) in [5.74, 6) is -1.68. The van der Waals surface area contributed by atoms with Gasteiger partial charge in [0.05, 0.1) is 10.5 Å². The highest BCUT2D eigenvalue weighted by Gasteiger charge is 2.15. The van der Waals surface area contributed by atoms with Gasteiger partial charge in [-0.15, -0.1) is 0 Å². The number of aromatic nitrogens is 1. The molecule has 8 heteroatoms. The van der Waals surface area contributed by atoms with Gasteiger partial charge < -0.3 is 4.84 Å². The summed E-state index contributed by atoms with van der Waals surface area (Å²) < 4.78 is 13.7. The summed E-state index contributed by atoms with van der Waals surface area (Å²) in [4.78, 5) is 31.2. The number of carbonyl (C=O) groups is 1. The van der Waals surface area contributed by atoms with Gasteiger partial charge in [0.25, 0.3) is 5.69 Å². The van der Waals surface area contributed by atoms with Crippen molar-refractivity contribution in [1.29, 1.82) is 0 Å². The van der Waals surface area contributed by atoms with Gasteiger partial charge in [-0.05, 0) is 36.4 Å². The van der Waals surface area contributed by atoms with Gasteiger partial charge >= 0.3 is 5.97 Å². The Kier molecular flexibility index (Phi) is 5.27. The van der Waals surface area contributed by atoms with E-state index in [1.54, 1.807) is 12.1 Å². The van der Waals surface area contributed by atoms with Crippen molar-refractivity contribution < 1.29 is 18.9 Å². The van der Waals surface area contributed by atoms with E-state index in [-0.39, 0.29) is 17.0 Å². The molecule has 0 amide bonds. The van der Waals surface area contributed by atoms with E-state index in [4.69, 9.17) is 4.84 Å². The van der Waals surface area contributed by atoms with Crippen molar-refractivity contribution in [3.05, 3.63) is 106 Å². The molecule has 0 radical (unpaired) electrons. The lowest BCUT2D eigenvalue weighted by molar-refractivity contribution is -0.384. The minimum Gasteiger partial charge on any atom is -0.312 e. The summed E-state index contributed by atoms with van der Waals surface area (Å²) in [6.45, 7) is 0. The van der Waals surface area contributed by atoms with Crippen LogP contribution in [0.15, 0.2) is 78.2 Å². The molecule has 3 aromatic rings. The van der Waals surface area contributed by atoms with Crippen LogP contribution < -0.4 is 0 Å². The van der Waals surface area contributed by atoms with Crippen LogP contribution in [0.25, 0.3) is 0 Å². The van der Waals surface area contributed by atoms with Crippen molar-refractivity contribution in [3.63, 3.8) is 0 Å². The third-order valence-corrected chi connectivity index (χ3v) is 3.62. The van der Waals surface area contributed by atoms with Crippen molar-refractivity contribution >= 4 is 17.4 Å². The van der Waals surface area contributed by atoms with Gasteiger partial charge in [-0.3, -0.25) is 15.1 Å². The number of carbonyl (C=O) groups excluding carboxylic acids is 1. The van der Waals surface area contributed by atoms with E-state index < -0.39 is 16.7 Å². The second-order valence-corrected chi connectivity index (χ2v) is 5.34. The summed E-state index contributed by atoms with van der Waals surface area (Å²) in [5.41, 5.74) is 0.959. The minimum absolute atomic E-state index is 0.0869. The summed E-state index contributed by atoms with van der Waals surface area (Å²) in [5, 5.41) is 14.7. The molecule has 0 fully saturated rings. The first-order valence-electron chi connectivity index (χ1n) is 7.75. The van der Waals surface area contributed by atoms with Gasteiger partial charge in [0.1, 0.15) is 11.5 Å². The van der Waals surface area contributed by atoms with Crippen molar-refractivity contribution in [2.75, 3.05) is 0 Å². The van der Waals surface area contributed by atoms with E-state index in [0.29, 0.717) is 11.1 Å². The van der Waals surface area contributed by atoms with Crippen LogP contribution >= 0.6 is 0 Å². The topological polar surface area (TPSA) is 94.7 Å². The van der Waals surface area contributed by atoms with Gasteiger partial charge in [-0.25, -0.2) is 9.18 Å². The van der Waals surface area contributed by atoms with Crippen molar-refractivity contribution in [2.24, 2.45) is 5.16 Å². The number of non-ortho nitro benzene ring substituents is 1. The molecule has 0 aliphatic heterocycles. The zero-order chi connectivity index (χ0) is 19.2. The van der Waals surface area contributed by atoms with Crippen molar-refractivity contribution in [2.45, 2.75) is 0 Å². The average Bonchev–Trinajstić information content (AvgIpc) is 2.69. The van der Waals surface area contributed by atoms with E-state index in [9.17, 15) is 19.3 Å². The number of pyridine rings is 1. The van der Waals surface area contributed by atoms with Gasteiger partial charge in [0, 0.05) is 35.7 Å². The lowest BCUT2D eigenvalue weighted by atomic mass is 10.0. The quantitative estimate of drug-likeness (QED) is 0.297. The molecule has 0 unspecified atom stereocenters. The van der Waals surface area contributed by atoms with E-state index >= 15 is 0 Å². The molecule has 0 bridgehead atoms. The first-order valence-corrected chi connectivity index (χ1v) is 7.75. The smallest absolute Gasteiger partial charge is 0.312 e. The molecule has 2 aromatic carbocycles. The molecule has 27 heavy (non-hydrogen) atoms. The molecular formula is C19H12FN3O4. The van der Waals surface area contributed by atoms with Crippen LogP contribution in [0.1, 0.15) is 21.5 Å². The Labute approximate surface area is 152 Å². The van der Waals surface area contributed by atoms with Crippen molar-refractivity contribution in [3.8, 4) is 0 Å². The SMILES string of the molecule is O=C(O/N=C(/c1ccncc1)c1ccc([N+](=O)[O-])cc1)c1ccccc1F. The van der Waals surface area contributed by atoms with Crippen LogP contribution in [0.4, 0.5) is 10.1 Å². The number of nitrogens with zero attached hydrogens (tertiary/aromatic N) is 3. The predicted octanol–water partition coefficient (Wildman–Crippen LogP) is 3.74. The Hall–Kier alpha value is -3.94. The zero-order valence-electron chi connectivity index (χ0n) is 13.8. The highest BCUT2D eigenvalue weighted by atomic mass is 19.1. The number of hydrogen-bond acceptors (Lipinski definition) is 6. The second kappa shape index (κ2) is 7.96. The Balaban J connectivity index is 1.95. The molecule has 1 aromatic heterocycles. The van der Waals surface area contributed by atoms with Crippen molar-refractivity contribution in [1.82, 2.24) is 4.98 Å². The van der Waals surface area contributed by atoms with Crippen LogP contribution in [0, 0.1) is 15.9 Å². The van der Waals surface area contributed by atoms with E-state index in [1.807, 2.05) is 0 Å². The standard InChI is InChI=1S/C19H12FN3O4/c20-17-4-2-1-3-16(17)19(24)27-22-18(14-9-11-21-12-10-14)13-5-7-15(8-6-13)23(25)26/h1-12H/b22-18+. The number of benzene rings is 2. The monoisotopic (exact) mass is 365 g/mol. The molecule has 1 heterocycles. The Morgan fingerprint density at radius 1 is 1.00 bits per heavy atom. The maximum atomic E-state index is 13.7. The summed E-state index contributed by atoms with van der Waals surface area (Å²) in [6.07, 6.45) is 3.05. The Bertz CT molecular complexity index is 1000. The molecule has 7 nitrogen and oxygen atoms in total. The van der Waals surface area contributed by atoms with Gasteiger partial charge in [-0.1, -0.05) is 17.3 Å². The molecule has 0 saturated carbocycles. The van der Waals surface area contributed by atoms with Gasteiger partial charge in [0.15, 0.2) is 0 Å². The molecule has 0 aliphatic carbocycles. The number of nitro groups is 1. The molecule has 0 atom stereocenters. The number of halogens is 1. The minimum atomic E-state index is -0.957. The van der Waals surface area contributed by atoms with Crippen LogP contribution in [-0.2, 0) is 4.84 Å². The second-order valence-electron chi connectivity index (χ2n) is 5.34. The number of oxime groups is 1. The van der Waals surface area contributed by atoms with E-state index in [2.05, 4.69) is 10.1 Å². The highest BCUT2D eigenvalue weighted by molar-refractivity contribution is 6.12. The van der Waals surface area contributed by atoms with Crippen LogP contribution in [0.3, 0.4) is 0 Å². The third kappa shape index (κ3) is 4.18. The Morgan fingerprint density at radius 2 is 1.63 bits per heavy atom. The molecule has 0 spiro atoms. The lowest BCUT2D eigenvalue weighted by Crippen LogP contribution is -2.09. The first kappa shape index (κ1) is 17.9. The number of nitro benzene ring substituents is 1. The lowest BCUT2D eigenvalue weighted by Gasteiger charge is -2.07. The van der Waals surface area contributed by atoms with Gasteiger partial charge in [0.2, 0.25) is 0 Å². The van der Waals surface area contributed by atoms with Crippen LogP contribution in [0.5, 0.6) is 0 Å².